The second kappa shape index (κ2) is 33.8. The molecule has 0 atom stereocenters. The van der Waals surface area contributed by atoms with Crippen molar-refractivity contribution in [2.45, 2.75) is 45.8 Å². The van der Waals surface area contributed by atoms with Crippen LogP contribution >= 0.6 is 0 Å². The van der Waals surface area contributed by atoms with Crippen molar-refractivity contribution in [1.29, 1.82) is 0 Å². The fourth-order valence-corrected chi connectivity index (χ4v) is 12.3. The summed E-state index contributed by atoms with van der Waals surface area (Å²) in [5, 5.41) is 9.34. The molecule has 9 aromatic heterocycles. The summed E-state index contributed by atoms with van der Waals surface area (Å²) in [5.74, 6) is 22.2. The number of hydrogen-bond donors (Lipinski definition) is 4. The topological polar surface area (TPSA) is 436 Å². The number of β-amino-alcohol motifs (C(OH)–C–C–N with tert-alkyl or cyclic N) is 1. The van der Waals surface area contributed by atoms with Crippen LogP contribution in [0.3, 0.4) is 0 Å². The Morgan fingerprint density at radius 2 is 0.804 bits per heavy atom. The number of hydrogen-bond acceptors (Lipinski definition) is 35. The van der Waals surface area contributed by atoms with Gasteiger partial charge in [-0.3, -0.25) is 4.90 Å². The number of methoxy groups -OCH3 is 2. The van der Waals surface area contributed by atoms with Crippen LogP contribution < -0.4 is 56.6 Å². The number of ether oxygens (including phenoxy) is 3. The molecule has 2 aromatic carbocycles. The van der Waals surface area contributed by atoms with Crippen LogP contribution in [-0.2, 0) is 60.0 Å². The number of benzene rings is 2. The van der Waals surface area contributed by atoms with E-state index in [9.17, 15) is 19.5 Å². The highest BCUT2D eigenvalue weighted by molar-refractivity contribution is 5.91. The first-order chi connectivity index (χ1) is 51.9. The third kappa shape index (κ3) is 16.9. The van der Waals surface area contributed by atoms with E-state index in [4.69, 9.17) is 66.8 Å². The van der Waals surface area contributed by atoms with Gasteiger partial charge >= 0.3 is 17.9 Å². The van der Waals surface area contributed by atoms with Gasteiger partial charge in [-0.05, 0) is 74.7 Å². The van der Waals surface area contributed by atoms with Gasteiger partial charge < -0.3 is 76.9 Å². The highest BCUT2D eigenvalue weighted by atomic mass is 16.7. The van der Waals surface area contributed by atoms with Gasteiger partial charge in [-0.2, -0.15) is 17.7 Å². The lowest BCUT2D eigenvalue weighted by molar-refractivity contribution is 0.0494. The fourth-order valence-electron chi connectivity index (χ4n) is 12.3. The van der Waals surface area contributed by atoms with Gasteiger partial charge in [0.25, 0.3) is 0 Å². The second-order valence-electron chi connectivity index (χ2n) is 25.4. The molecule has 3 fully saturated rings. The van der Waals surface area contributed by atoms with Gasteiger partial charge in [0.15, 0.2) is 62.6 Å². The van der Waals surface area contributed by atoms with Crippen molar-refractivity contribution in [2.75, 3.05) is 143 Å². The van der Waals surface area contributed by atoms with Gasteiger partial charge in [0.1, 0.15) is 34.8 Å². The molecule has 7 N–H and O–H groups in total. The van der Waals surface area contributed by atoms with E-state index in [1.807, 2.05) is 126 Å². The number of imidazole rings is 3. The second-order valence-corrected chi connectivity index (χ2v) is 25.4. The molecule has 560 valence electrons. The monoisotopic (exact) mass is 1460 g/mol. The summed E-state index contributed by atoms with van der Waals surface area (Å²) >= 11 is 0. The Kier molecular flexibility index (Phi) is 23.6. The molecule has 0 amide bonds. The maximum Gasteiger partial charge on any atom is 0.359 e. The van der Waals surface area contributed by atoms with Crippen molar-refractivity contribution in [2.24, 2.45) is 38.8 Å². The molecule has 14 rings (SSSR count). The molecule has 11 aromatic rings. The molecule has 107 heavy (non-hydrogen) atoms. The van der Waals surface area contributed by atoms with Crippen LogP contribution in [0.2, 0.25) is 0 Å². The van der Waals surface area contributed by atoms with Crippen LogP contribution in [0.15, 0.2) is 85.7 Å². The molecule has 0 saturated carbocycles. The van der Waals surface area contributed by atoms with Gasteiger partial charge in [-0.25, -0.2) is 89.1 Å². The SMILES string of the molecule is COc1ccc(-c2nc(N3CCCCC3)c3nc(CN(C)c4ncc(C(=O)ON)cn4)n(C)c3n2)cc1.COc1ccc(-c2nc(N3CCN(CCO)CC3)c3nc(CN(C)c4ncc(C(=O)ON)cn4)n(C)c3n2)cc1.Cc1nc(N2CCOCC2)c2nc(CN(C)c3ncc(C(=O)ON)cn3)n(C)c2n1. The molecule has 38 nitrogen and oxygen atoms in total. The predicted octanol–water partition coefficient (Wildman–Crippen LogP) is 3.06. The van der Waals surface area contributed by atoms with Crippen molar-refractivity contribution in [1.82, 2.24) is 93.4 Å². The molecule has 0 unspecified atom stereocenters. The van der Waals surface area contributed by atoms with Crippen LogP contribution in [-0.4, -0.2) is 230 Å². The van der Waals surface area contributed by atoms with E-state index in [0.717, 1.165) is 145 Å². The minimum Gasteiger partial charge on any atom is -0.497 e. The lowest BCUT2D eigenvalue weighted by atomic mass is 10.1. The van der Waals surface area contributed by atoms with Crippen LogP contribution in [0, 0.1) is 6.92 Å². The third-order valence-corrected chi connectivity index (χ3v) is 18.3. The number of rotatable bonds is 21. The molecule has 12 heterocycles. The van der Waals surface area contributed by atoms with Crippen LogP contribution in [0.4, 0.5) is 35.3 Å². The minimum absolute atomic E-state index is 0.139. The number of nitrogens with zero attached hydrogens (tertiary/aromatic N) is 25. The molecule has 0 spiro atoms. The number of piperazine rings is 1. The molecule has 3 saturated heterocycles. The zero-order valence-electron chi connectivity index (χ0n) is 60.8. The lowest BCUT2D eigenvalue weighted by Crippen LogP contribution is -2.47. The molecular formula is C69H84N28O10. The summed E-state index contributed by atoms with van der Waals surface area (Å²) in [6.07, 6.45) is 11.7. The molecule has 3 aliphatic heterocycles. The summed E-state index contributed by atoms with van der Waals surface area (Å²) in [6, 6.07) is 15.4. The molecular weight excluding hydrogens is 1380 g/mol. The van der Waals surface area contributed by atoms with Crippen molar-refractivity contribution >= 4 is 86.7 Å². The fraction of sp³-hybridized carbons (Fsp3) is 0.391. The molecule has 38 heteroatoms. The first-order valence-corrected chi connectivity index (χ1v) is 34.3. The molecule has 0 aliphatic carbocycles. The first-order valence-electron chi connectivity index (χ1n) is 34.3. The Hall–Kier alpha value is -12.1. The predicted molar refractivity (Wildman–Crippen MR) is 394 cm³/mol. The number of carbonyl (C=O) groups is 3. The van der Waals surface area contributed by atoms with Crippen molar-refractivity contribution in [3.05, 3.63) is 126 Å². The maximum absolute atomic E-state index is 11.6. The third-order valence-electron chi connectivity index (χ3n) is 18.3. The van der Waals surface area contributed by atoms with Gasteiger partial charge in [0.2, 0.25) is 17.8 Å². The number of aryl methyl sites for hydroxylation is 4. The summed E-state index contributed by atoms with van der Waals surface area (Å²) in [7, 11) is 14.6. The Morgan fingerprint density at radius 3 is 1.16 bits per heavy atom. The van der Waals surface area contributed by atoms with Gasteiger partial charge in [0, 0.05) is 149 Å². The van der Waals surface area contributed by atoms with Gasteiger partial charge in [-0.15, -0.1) is 0 Å². The Bertz CT molecular complexity index is 4890. The summed E-state index contributed by atoms with van der Waals surface area (Å²) in [6.45, 7) is 11.8. The number of anilines is 6. The number of nitrogens with two attached hydrogens (primary N) is 3. The summed E-state index contributed by atoms with van der Waals surface area (Å²) < 4.78 is 22.0. The van der Waals surface area contributed by atoms with E-state index in [2.05, 4.69) is 74.0 Å². The number of aliphatic hydroxyl groups is 1. The molecule has 0 radical (unpaired) electrons. The van der Waals surface area contributed by atoms with E-state index < -0.39 is 17.9 Å². The van der Waals surface area contributed by atoms with Crippen LogP contribution in [0.25, 0.3) is 56.3 Å². The minimum atomic E-state index is -0.708. The molecule has 0 bridgehead atoms. The summed E-state index contributed by atoms with van der Waals surface area (Å²) in [5.41, 5.74) is 6.77. The Morgan fingerprint density at radius 1 is 0.458 bits per heavy atom. The van der Waals surface area contributed by atoms with Crippen molar-refractivity contribution in [3.8, 4) is 34.3 Å². The van der Waals surface area contributed by atoms with E-state index in [1.54, 1.807) is 14.2 Å². The Balaban J connectivity index is 0.000000152. The van der Waals surface area contributed by atoms with Crippen LogP contribution in [0.5, 0.6) is 11.5 Å². The highest BCUT2D eigenvalue weighted by Crippen LogP contribution is 2.34. The van der Waals surface area contributed by atoms with E-state index in [-0.39, 0.29) is 23.3 Å². The standard InChI is InChI=1S/C26H32N10O4.C25H29N9O3.C18H23N9O3/c1-33(26-28-14-18(15-29-26)25(38)40-27)16-20-30-21-23(34(20)2)31-22(17-4-6-19(39-3)7-5-17)32-24(21)36-10-8-35(9-11-36)12-13-37;1-32(25-27-13-17(14-28-25)24(35)37-26)15-19-29-20-22(33(19)2)30-21(16-7-9-18(36-3)10-8-16)31-23(20)34-11-5-4-6-12-34;1-11-22-15-14(16(23-11)27-4-6-29-7-5-27)24-13(26(15)3)10-25(2)18-20-8-12(9-21-18)17(28)30-19/h4-7,14-15,37H,8-13,16,27H2,1-3H3;7-10,13-14H,4-6,11-12,15,26H2,1-3H3;8-9H,4-7,10,19H2,1-3H3. The number of aromatic nitrogens is 18. The normalized spacial score (nSPS) is 13.9. The Labute approximate surface area is 614 Å². The van der Waals surface area contributed by atoms with Gasteiger partial charge in [0.05, 0.1) is 70.4 Å². The van der Waals surface area contributed by atoms with E-state index >= 15 is 0 Å². The highest BCUT2D eigenvalue weighted by Gasteiger charge is 2.29. The van der Waals surface area contributed by atoms with Crippen LogP contribution in [0.1, 0.15) is 73.6 Å². The lowest BCUT2D eigenvalue weighted by Gasteiger charge is -2.35. The zero-order chi connectivity index (χ0) is 75.4. The quantitative estimate of drug-likeness (QED) is 0.0751. The van der Waals surface area contributed by atoms with Crippen molar-refractivity contribution < 1.29 is 48.2 Å². The number of fused-ring (bicyclic) bond motifs is 3. The number of aliphatic hydroxyl groups excluding tert-OH is 1. The average Bonchev–Trinajstić information content (AvgIpc) is 1.65. The largest absolute Gasteiger partial charge is 0.497 e. The van der Waals surface area contributed by atoms with Crippen molar-refractivity contribution in [3.63, 3.8) is 0 Å². The number of piperidine rings is 1. The smallest absolute Gasteiger partial charge is 0.359 e. The summed E-state index contributed by atoms with van der Waals surface area (Å²) in [4.78, 5) is 131. The van der Waals surface area contributed by atoms with E-state index in [1.165, 1.54) is 43.6 Å². The van der Waals surface area contributed by atoms with Gasteiger partial charge in [-0.1, -0.05) is 0 Å². The zero-order valence-corrected chi connectivity index (χ0v) is 60.8. The number of morpholine rings is 1. The number of carbonyl (C=O) groups excluding carboxylic acids is 3. The first kappa shape index (κ1) is 74.6. The average molecular weight is 1470 g/mol. The van der Waals surface area contributed by atoms with E-state index in [0.29, 0.717) is 85.9 Å². The molecule has 3 aliphatic rings. The maximum atomic E-state index is 11.6.